The lowest BCUT2D eigenvalue weighted by Crippen LogP contribution is -2.27. The van der Waals surface area contributed by atoms with E-state index in [1.165, 1.54) is 11.1 Å². The number of hydrogen-bond donors (Lipinski definition) is 1. The van der Waals surface area contributed by atoms with E-state index in [4.69, 9.17) is 4.74 Å². The van der Waals surface area contributed by atoms with Crippen LogP contribution < -0.4 is 5.32 Å². The number of thiazole rings is 1. The van der Waals surface area contributed by atoms with Crippen molar-refractivity contribution in [2.45, 2.75) is 25.7 Å². The van der Waals surface area contributed by atoms with E-state index in [0.717, 1.165) is 30.0 Å². The zero-order valence-corrected chi connectivity index (χ0v) is 16.8. The third-order valence-corrected chi connectivity index (χ3v) is 5.20. The Morgan fingerprint density at radius 3 is 2.43 bits per heavy atom. The molecule has 0 saturated heterocycles. The maximum atomic E-state index is 12.1. The SMILES string of the molecule is O=C(Cc1csc(Cc2ccccc2)n1)NCCCOCCc1ccccc1. The minimum Gasteiger partial charge on any atom is -0.381 e. The van der Waals surface area contributed by atoms with Gasteiger partial charge in [0, 0.05) is 25.0 Å². The molecule has 5 heteroatoms. The number of amides is 1. The standard InChI is InChI=1S/C23H26N2O2S/c26-22(24-13-7-14-27-15-12-19-8-3-1-4-9-19)17-21-18-28-23(25-21)16-20-10-5-2-6-11-20/h1-6,8-11,18H,7,12-17H2,(H,24,26). The first-order valence-corrected chi connectivity index (χ1v) is 10.5. The van der Waals surface area contributed by atoms with E-state index in [0.29, 0.717) is 26.2 Å². The molecule has 28 heavy (non-hydrogen) atoms. The third kappa shape index (κ3) is 7.25. The normalized spacial score (nSPS) is 10.7. The molecule has 0 fully saturated rings. The van der Waals surface area contributed by atoms with Gasteiger partial charge in [-0.15, -0.1) is 11.3 Å². The summed E-state index contributed by atoms with van der Waals surface area (Å²) in [5, 5.41) is 5.96. The van der Waals surface area contributed by atoms with Crippen molar-refractivity contribution in [2.75, 3.05) is 19.8 Å². The van der Waals surface area contributed by atoms with E-state index in [1.807, 2.05) is 41.8 Å². The highest BCUT2D eigenvalue weighted by molar-refractivity contribution is 7.09. The topological polar surface area (TPSA) is 51.2 Å². The van der Waals surface area contributed by atoms with E-state index in [9.17, 15) is 4.79 Å². The Hall–Kier alpha value is -2.50. The van der Waals surface area contributed by atoms with Gasteiger partial charge >= 0.3 is 0 Å². The number of carbonyl (C=O) groups is 1. The Bertz CT molecular complexity index is 834. The number of aromatic nitrogens is 1. The van der Waals surface area contributed by atoms with Crippen LogP contribution >= 0.6 is 11.3 Å². The van der Waals surface area contributed by atoms with Gasteiger partial charge in [0.05, 0.1) is 23.7 Å². The van der Waals surface area contributed by atoms with E-state index in [-0.39, 0.29) is 5.91 Å². The first-order chi connectivity index (χ1) is 13.8. The average Bonchev–Trinajstić information content (AvgIpc) is 3.15. The highest BCUT2D eigenvalue weighted by Crippen LogP contribution is 2.15. The lowest BCUT2D eigenvalue weighted by molar-refractivity contribution is -0.120. The third-order valence-electron chi connectivity index (χ3n) is 4.30. The summed E-state index contributed by atoms with van der Waals surface area (Å²) in [4.78, 5) is 16.6. The summed E-state index contributed by atoms with van der Waals surface area (Å²) in [6.45, 7) is 2.00. The van der Waals surface area contributed by atoms with Gasteiger partial charge in [-0.2, -0.15) is 0 Å². The lowest BCUT2D eigenvalue weighted by Gasteiger charge is -2.06. The quantitative estimate of drug-likeness (QED) is 0.499. The molecule has 0 radical (unpaired) electrons. The maximum absolute atomic E-state index is 12.1. The number of hydrogen-bond acceptors (Lipinski definition) is 4. The molecule has 1 N–H and O–H groups in total. The fraction of sp³-hybridized carbons (Fsp3) is 0.304. The number of nitrogens with zero attached hydrogens (tertiary/aromatic N) is 1. The van der Waals surface area contributed by atoms with Gasteiger partial charge in [0.1, 0.15) is 0 Å². The molecule has 4 nitrogen and oxygen atoms in total. The molecule has 0 atom stereocenters. The largest absolute Gasteiger partial charge is 0.381 e. The molecule has 1 amide bonds. The second-order valence-electron chi connectivity index (χ2n) is 6.62. The second-order valence-corrected chi connectivity index (χ2v) is 7.57. The highest BCUT2D eigenvalue weighted by atomic mass is 32.1. The molecular weight excluding hydrogens is 368 g/mol. The molecule has 146 valence electrons. The zero-order chi connectivity index (χ0) is 19.4. The van der Waals surface area contributed by atoms with Crippen molar-refractivity contribution in [3.05, 3.63) is 87.9 Å². The Morgan fingerprint density at radius 1 is 0.964 bits per heavy atom. The van der Waals surface area contributed by atoms with Crippen molar-refractivity contribution in [1.82, 2.24) is 10.3 Å². The molecule has 0 aliphatic carbocycles. The number of rotatable bonds is 11. The van der Waals surface area contributed by atoms with E-state index < -0.39 is 0 Å². The first-order valence-electron chi connectivity index (χ1n) is 9.65. The summed E-state index contributed by atoms with van der Waals surface area (Å²) in [6.07, 6.45) is 2.88. The zero-order valence-electron chi connectivity index (χ0n) is 16.0. The Morgan fingerprint density at radius 2 is 1.68 bits per heavy atom. The van der Waals surface area contributed by atoms with Crippen LogP contribution in [0.3, 0.4) is 0 Å². The Balaban J connectivity index is 1.26. The van der Waals surface area contributed by atoms with Gasteiger partial charge in [-0.1, -0.05) is 60.7 Å². The summed E-state index contributed by atoms with van der Waals surface area (Å²) < 4.78 is 5.64. The predicted octanol–water partition coefficient (Wildman–Crippen LogP) is 4.04. The van der Waals surface area contributed by atoms with Crippen LogP contribution in [-0.2, 0) is 28.8 Å². The van der Waals surface area contributed by atoms with Gasteiger partial charge < -0.3 is 10.1 Å². The minimum atomic E-state index is 0.0147. The monoisotopic (exact) mass is 394 g/mol. The van der Waals surface area contributed by atoms with Crippen LogP contribution in [0.1, 0.15) is 28.2 Å². The van der Waals surface area contributed by atoms with E-state index in [1.54, 1.807) is 11.3 Å². The summed E-state index contributed by atoms with van der Waals surface area (Å²) in [6, 6.07) is 20.6. The molecule has 0 spiro atoms. The van der Waals surface area contributed by atoms with Gasteiger partial charge in [-0.25, -0.2) is 4.98 Å². The van der Waals surface area contributed by atoms with Crippen molar-refractivity contribution in [2.24, 2.45) is 0 Å². The van der Waals surface area contributed by atoms with Crippen LogP contribution in [0.2, 0.25) is 0 Å². The number of benzene rings is 2. The summed E-state index contributed by atoms with van der Waals surface area (Å²) >= 11 is 1.61. The van der Waals surface area contributed by atoms with Crippen molar-refractivity contribution in [3.8, 4) is 0 Å². The summed E-state index contributed by atoms with van der Waals surface area (Å²) in [5.74, 6) is 0.0147. The molecule has 0 bridgehead atoms. The van der Waals surface area contributed by atoms with Crippen LogP contribution in [0.25, 0.3) is 0 Å². The van der Waals surface area contributed by atoms with Gasteiger partial charge in [-0.3, -0.25) is 4.79 Å². The van der Waals surface area contributed by atoms with Crippen LogP contribution in [-0.4, -0.2) is 30.6 Å². The first kappa shape index (κ1) is 20.2. The number of nitrogens with one attached hydrogen (secondary N) is 1. The molecule has 0 aliphatic rings. The second kappa shape index (κ2) is 11.4. The van der Waals surface area contributed by atoms with E-state index in [2.05, 4.69) is 34.6 Å². The summed E-state index contributed by atoms with van der Waals surface area (Å²) in [7, 11) is 0. The fourth-order valence-corrected chi connectivity index (χ4v) is 3.68. The van der Waals surface area contributed by atoms with Gasteiger partial charge in [0.2, 0.25) is 5.91 Å². The van der Waals surface area contributed by atoms with Crippen LogP contribution in [0.5, 0.6) is 0 Å². The predicted molar refractivity (Wildman–Crippen MR) is 114 cm³/mol. The molecule has 0 unspecified atom stereocenters. The van der Waals surface area contributed by atoms with Crippen LogP contribution in [0.15, 0.2) is 66.0 Å². The molecule has 3 aromatic rings. The summed E-state index contributed by atoms with van der Waals surface area (Å²) in [5.41, 5.74) is 3.36. The average molecular weight is 395 g/mol. The minimum absolute atomic E-state index is 0.0147. The van der Waals surface area contributed by atoms with Crippen LogP contribution in [0.4, 0.5) is 0 Å². The maximum Gasteiger partial charge on any atom is 0.226 e. The Labute approximate surface area is 170 Å². The number of ether oxygens (including phenoxy) is 1. The molecule has 3 rings (SSSR count). The molecule has 1 heterocycles. The van der Waals surface area contributed by atoms with Gasteiger partial charge in [0.25, 0.3) is 0 Å². The van der Waals surface area contributed by atoms with Crippen LogP contribution in [0, 0.1) is 0 Å². The van der Waals surface area contributed by atoms with Gasteiger partial charge in [-0.05, 0) is 24.0 Å². The lowest BCUT2D eigenvalue weighted by atomic mass is 10.2. The van der Waals surface area contributed by atoms with E-state index >= 15 is 0 Å². The fourth-order valence-electron chi connectivity index (χ4n) is 2.85. The Kier molecular flexibility index (Phi) is 8.22. The molecule has 2 aromatic carbocycles. The van der Waals surface area contributed by atoms with Crippen molar-refractivity contribution in [3.63, 3.8) is 0 Å². The number of carbonyl (C=O) groups excluding carboxylic acids is 1. The molecule has 0 saturated carbocycles. The smallest absolute Gasteiger partial charge is 0.226 e. The van der Waals surface area contributed by atoms with Crippen molar-refractivity contribution < 1.29 is 9.53 Å². The molecular formula is C23H26N2O2S. The highest BCUT2D eigenvalue weighted by Gasteiger charge is 2.08. The molecule has 0 aliphatic heterocycles. The van der Waals surface area contributed by atoms with Crippen molar-refractivity contribution in [1.29, 1.82) is 0 Å². The molecule has 1 aromatic heterocycles. The van der Waals surface area contributed by atoms with Crippen molar-refractivity contribution >= 4 is 17.2 Å². The van der Waals surface area contributed by atoms with Gasteiger partial charge in [0.15, 0.2) is 0 Å².